The molecule has 2 aromatic rings. The monoisotopic (exact) mass is 315 g/mol. The SMILES string of the molecule is COCC(N)C(=O)NC(c1ccccn1)c1ccccc1OC. The van der Waals surface area contributed by atoms with Gasteiger partial charge in [-0.05, 0) is 18.2 Å². The van der Waals surface area contributed by atoms with Crippen molar-refractivity contribution in [3.63, 3.8) is 0 Å². The number of aromatic nitrogens is 1. The van der Waals surface area contributed by atoms with Gasteiger partial charge in [0.05, 0.1) is 19.4 Å². The lowest BCUT2D eigenvalue weighted by Crippen LogP contribution is -2.45. The lowest BCUT2D eigenvalue weighted by molar-refractivity contribution is -0.124. The molecular formula is C17H21N3O3. The summed E-state index contributed by atoms with van der Waals surface area (Å²) < 4.78 is 10.3. The Morgan fingerprint density at radius 1 is 1.22 bits per heavy atom. The molecule has 0 spiro atoms. The van der Waals surface area contributed by atoms with Crippen LogP contribution in [0.3, 0.4) is 0 Å². The average Bonchev–Trinajstić information content (AvgIpc) is 2.60. The third-order valence-electron chi connectivity index (χ3n) is 3.40. The minimum Gasteiger partial charge on any atom is -0.496 e. The molecular weight excluding hydrogens is 294 g/mol. The Morgan fingerprint density at radius 2 is 1.96 bits per heavy atom. The molecule has 1 amide bonds. The minimum atomic E-state index is -0.749. The summed E-state index contributed by atoms with van der Waals surface area (Å²) in [6, 6.07) is 11.8. The largest absolute Gasteiger partial charge is 0.496 e. The van der Waals surface area contributed by atoms with E-state index in [4.69, 9.17) is 15.2 Å². The van der Waals surface area contributed by atoms with E-state index in [0.717, 1.165) is 5.56 Å². The highest BCUT2D eigenvalue weighted by Gasteiger charge is 2.24. The van der Waals surface area contributed by atoms with Crippen LogP contribution >= 0.6 is 0 Å². The molecule has 23 heavy (non-hydrogen) atoms. The lowest BCUT2D eigenvalue weighted by atomic mass is 10.0. The van der Waals surface area contributed by atoms with Gasteiger partial charge in [-0.15, -0.1) is 0 Å². The second kappa shape index (κ2) is 8.26. The molecule has 3 N–H and O–H groups in total. The van der Waals surface area contributed by atoms with E-state index < -0.39 is 12.1 Å². The fourth-order valence-corrected chi connectivity index (χ4v) is 2.27. The van der Waals surface area contributed by atoms with Gasteiger partial charge in [0, 0.05) is 18.9 Å². The number of amides is 1. The lowest BCUT2D eigenvalue weighted by Gasteiger charge is -2.22. The van der Waals surface area contributed by atoms with Crippen molar-refractivity contribution in [1.29, 1.82) is 0 Å². The number of nitrogens with two attached hydrogens (primary N) is 1. The van der Waals surface area contributed by atoms with Crippen LogP contribution in [0.2, 0.25) is 0 Å². The van der Waals surface area contributed by atoms with Gasteiger partial charge in [-0.3, -0.25) is 9.78 Å². The van der Waals surface area contributed by atoms with Gasteiger partial charge < -0.3 is 20.5 Å². The Morgan fingerprint density at radius 3 is 2.61 bits per heavy atom. The molecule has 0 saturated carbocycles. The number of methoxy groups -OCH3 is 2. The highest BCUT2D eigenvalue weighted by Crippen LogP contribution is 2.28. The summed E-state index contributed by atoms with van der Waals surface area (Å²) in [5, 5.41) is 2.92. The van der Waals surface area contributed by atoms with Crippen molar-refractivity contribution in [1.82, 2.24) is 10.3 Å². The molecule has 122 valence electrons. The maximum Gasteiger partial charge on any atom is 0.240 e. The van der Waals surface area contributed by atoms with E-state index >= 15 is 0 Å². The molecule has 0 aliphatic carbocycles. The standard InChI is InChI=1S/C17H21N3O3/c1-22-11-13(18)17(21)20-16(14-8-5-6-10-19-14)12-7-3-4-9-15(12)23-2/h3-10,13,16H,11,18H2,1-2H3,(H,20,21). The molecule has 0 aliphatic rings. The molecule has 2 unspecified atom stereocenters. The molecule has 1 heterocycles. The molecule has 6 nitrogen and oxygen atoms in total. The summed E-state index contributed by atoms with van der Waals surface area (Å²) in [7, 11) is 3.09. The first-order valence-corrected chi connectivity index (χ1v) is 7.26. The van der Waals surface area contributed by atoms with Crippen LogP contribution in [0.25, 0.3) is 0 Å². The maximum atomic E-state index is 12.3. The molecule has 2 rings (SSSR count). The quantitative estimate of drug-likeness (QED) is 0.803. The zero-order chi connectivity index (χ0) is 16.7. The van der Waals surface area contributed by atoms with E-state index in [2.05, 4.69) is 10.3 Å². The summed E-state index contributed by atoms with van der Waals surface area (Å²) >= 11 is 0. The number of nitrogens with zero attached hydrogens (tertiary/aromatic N) is 1. The zero-order valence-corrected chi connectivity index (χ0v) is 13.2. The highest BCUT2D eigenvalue weighted by atomic mass is 16.5. The molecule has 0 aliphatic heterocycles. The predicted molar refractivity (Wildman–Crippen MR) is 87.1 cm³/mol. The van der Waals surface area contributed by atoms with Crippen molar-refractivity contribution in [3.8, 4) is 5.75 Å². The molecule has 0 saturated heterocycles. The van der Waals surface area contributed by atoms with Crippen molar-refractivity contribution in [2.24, 2.45) is 5.73 Å². The van der Waals surface area contributed by atoms with Crippen LogP contribution < -0.4 is 15.8 Å². The Kier molecular flexibility index (Phi) is 6.08. The van der Waals surface area contributed by atoms with Crippen LogP contribution in [-0.2, 0) is 9.53 Å². The van der Waals surface area contributed by atoms with Crippen molar-refractivity contribution in [2.75, 3.05) is 20.8 Å². The molecule has 0 bridgehead atoms. The van der Waals surface area contributed by atoms with Gasteiger partial charge in [0.1, 0.15) is 17.8 Å². The van der Waals surface area contributed by atoms with Crippen molar-refractivity contribution < 1.29 is 14.3 Å². The van der Waals surface area contributed by atoms with Crippen LogP contribution in [0.15, 0.2) is 48.7 Å². The summed E-state index contributed by atoms with van der Waals surface area (Å²) in [5.74, 6) is 0.358. The number of hydrogen-bond donors (Lipinski definition) is 2. The van der Waals surface area contributed by atoms with Crippen molar-refractivity contribution in [2.45, 2.75) is 12.1 Å². The number of pyridine rings is 1. The fraction of sp³-hybridized carbons (Fsp3) is 0.294. The Labute approximate surface area is 135 Å². The topological polar surface area (TPSA) is 86.5 Å². The number of rotatable bonds is 7. The molecule has 1 aromatic carbocycles. The number of nitrogens with one attached hydrogen (secondary N) is 1. The number of para-hydroxylation sites is 1. The molecule has 0 radical (unpaired) electrons. The molecule has 1 aromatic heterocycles. The van der Waals surface area contributed by atoms with Crippen LogP contribution in [-0.4, -0.2) is 37.8 Å². The van der Waals surface area contributed by atoms with Gasteiger partial charge in [-0.1, -0.05) is 24.3 Å². The van der Waals surface area contributed by atoms with Crippen LogP contribution in [0.5, 0.6) is 5.75 Å². The molecule has 2 atom stereocenters. The smallest absolute Gasteiger partial charge is 0.240 e. The highest BCUT2D eigenvalue weighted by molar-refractivity contribution is 5.82. The Hall–Kier alpha value is -2.44. The number of carbonyl (C=O) groups excluding carboxylic acids is 1. The predicted octanol–water partition coefficient (Wildman–Crippen LogP) is 1.27. The second-order valence-corrected chi connectivity index (χ2v) is 5.00. The summed E-state index contributed by atoms with van der Waals surface area (Å²) in [6.07, 6.45) is 1.68. The van der Waals surface area contributed by atoms with Gasteiger partial charge in [-0.2, -0.15) is 0 Å². The third kappa shape index (κ3) is 4.28. The second-order valence-electron chi connectivity index (χ2n) is 5.00. The van der Waals surface area contributed by atoms with Crippen LogP contribution in [0, 0.1) is 0 Å². The van der Waals surface area contributed by atoms with Gasteiger partial charge in [0.2, 0.25) is 5.91 Å². The first kappa shape index (κ1) is 16.9. The van der Waals surface area contributed by atoms with Gasteiger partial charge in [0.15, 0.2) is 0 Å². The molecule has 0 fully saturated rings. The van der Waals surface area contributed by atoms with Crippen LogP contribution in [0.1, 0.15) is 17.3 Å². The summed E-state index contributed by atoms with van der Waals surface area (Å²) in [5.41, 5.74) is 7.33. The Balaban J connectivity index is 2.35. The summed E-state index contributed by atoms with van der Waals surface area (Å²) in [4.78, 5) is 16.7. The summed E-state index contributed by atoms with van der Waals surface area (Å²) in [6.45, 7) is 0.146. The van der Waals surface area contributed by atoms with E-state index in [-0.39, 0.29) is 12.5 Å². The minimum absolute atomic E-state index is 0.146. The van der Waals surface area contributed by atoms with E-state index in [1.807, 2.05) is 42.5 Å². The maximum absolute atomic E-state index is 12.3. The number of benzene rings is 1. The number of hydrogen-bond acceptors (Lipinski definition) is 5. The fourth-order valence-electron chi connectivity index (χ4n) is 2.27. The number of carbonyl (C=O) groups is 1. The van der Waals surface area contributed by atoms with E-state index in [1.165, 1.54) is 7.11 Å². The average molecular weight is 315 g/mol. The van der Waals surface area contributed by atoms with Gasteiger partial charge in [-0.25, -0.2) is 0 Å². The normalized spacial score (nSPS) is 13.2. The van der Waals surface area contributed by atoms with Crippen LogP contribution in [0.4, 0.5) is 0 Å². The molecule has 6 heteroatoms. The van der Waals surface area contributed by atoms with Crippen molar-refractivity contribution in [3.05, 3.63) is 59.9 Å². The van der Waals surface area contributed by atoms with Gasteiger partial charge >= 0.3 is 0 Å². The zero-order valence-electron chi connectivity index (χ0n) is 13.2. The first-order chi connectivity index (χ1) is 11.2. The van der Waals surface area contributed by atoms with E-state index in [0.29, 0.717) is 11.4 Å². The first-order valence-electron chi connectivity index (χ1n) is 7.26. The third-order valence-corrected chi connectivity index (χ3v) is 3.40. The van der Waals surface area contributed by atoms with Crippen molar-refractivity contribution >= 4 is 5.91 Å². The van der Waals surface area contributed by atoms with Gasteiger partial charge in [0.25, 0.3) is 0 Å². The Bertz CT molecular complexity index is 634. The van der Waals surface area contributed by atoms with E-state index in [1.54, 1.807) is 13.3 Å². The number of ether oxygens (including phenoxy) is 2. The van der Waals surface area contributed by atoms with E-state index in [9.17, 15) is 4.79 Å².